The van der Waals surface area contributed by atoms with Gasteiger partial charge in [-0.3, -0.25) is 4.79 Å². The summed E-state index contributed by atoms with van der Waals surface area (Å²) in [5.74, 6) is 0.0828. The van der Waals surface area contributed by atoms with Crippen molar-refractivity contribution in [3.63, 3.8) is 0 Å². The van der Waals surface area contributed by atoms with Crippen LogP contribution in [0.4, 0.5) is 0 Å². The van der Waals surface area contributed by atoms with E-state index in [1.54, 1.807) is 6.92 Å². The molecular weight excluding hydrogens is 272 g/mol. The van der Waals surface area contributed by atoms with Gasteiger partial charge in [-0.1, -0.05) is 76.5 Å². The van der Waals surface area contributed by atoms with Crippen LogP contribution in [-0.2, 0) is 6.42 Å². The van der Waals surface area contributed by atoms with Crippen molar-refractivity contribution in [1.29, 1.82) is 0 Å². The number of aliphatic hydroxyl groups excluding tert-OH is 1. The summed E-state index contributed by atoms with van der Waals surface area (Å²) in [5, 5.41) is 10.1. The standard InChI is InChI=1S/C20H32O2/c1-3-4-5-6-7-8-9-10-14-20(22)16-18-12-11-13-19(15-18)17(2)21/h11-13,15,20,22H,3-10,14,16H2,1-2H3. The Morgan fingerprint density at radius 1 is 1.05 bits per heavy atom. The summed E-state index contributed by atoms with van der Waals surface area (Å²) < 4.78 is 0. The second-order valence-corrected chi connectivity index (χ2v) is 6.38. The van der Waals surface area contributed by atoms with Gasteiger partial charge in [0.15, 0.2) is 5.78 Å². The largest absolute Gasteiger partial charge is 0.393 e. The third-order valence-corrected chi connectivity index (χ3v) is 4.20. The zero-order chi connectivity index (χ0) is 16.2. The maximum absolute atomic E-state index is 11.4. The minimum absolute atomic E-state index is 0.0828. The third kappa shape index (κ3) is 8.33. The maximum Gasteiger partial charge on any atom is 0.159 e. The van der Waals surface area contributed by atoms with Crippen molar-refractivity contribution < 1.29 is 9.90 Å². The molecule has 1 aromatic rings. The van der Waals surface area contributed by atoms with E-state index in [4.69, 9.17) is 0 Å². The van der Waals surface area contributed by atoms with Crippen molar-refractivity contribution >= 4 is 5.78 Å². The fraction of sp³-hybridized carbons (Fsp3) is 0.650. The topological polar surface area (TPSA) is 37.3 Å². The van der Waals surface area contributed by atoms with Crippen molar-refractivity contribution in [2.45, 2.75) is 84.2 Å². The highest BCUT2D eigenvalue weighted by Gasteiger charge is 2.07. The first kappa shape index (κ1) is 18.9. The highest BCUT2D eigenvalue weighted by Crippen LogP contribution is 2.14. The molecule has 2 heteroatoms. The van der Waals surface area contributed by atoms with Crippen LogP contribution in [0.5, 0.6) is 0 Å². The molecule has 0 fully saturated rings. The predicted octanol–water partition coefficient (Wildman–Crippen LogP) is 5.32. The van der Waals surface area contributed by atoms with E-state index in [1.807, 2.05) is 24.3 Å². The lowest BCUT2D eigenvalue weighted by Gasteiger charge is -2.11. The molecule has 0 aromatic heterocycles. The lowest BCUT2D eigenvalue weighted by atomic mass is 9.99. The van der Waals surface area contributed by atoms with Gasteiger partial charge in [0, 0.05) is 5.56 Å². The molecule has 124 valence electrons. The Morgan fingerprint density at radius 2 is 1.68 bits per heavy atom. The Kier molecular flexibility index (Phi) is 9.81. The first-order valence-corrected chi connectivity index (χ1v) is 8.91. The molecule has 1 aromatic carbocycles. The average molecular weight is 304 g/mol. The molecule has 1 rings (SSSR count). The SMILES string of the molecule is CCCCCCCCCCC(O)Cc1cccc(C(C)=O)c1. The molecule has 1 unspecified atom stereocenters. The van der Waals surface area contributed by atoms with Crippen LogP contribution in [0, 0.1) is 0 Å². The number of hydrogen-bond acceptors (Lipinski definition) is 2. The normalized spacial score (nSPS) is 12.3. The predicted molar refractivity (Wildman–Crippen MR) is 93.4 cm³/mol. The van der Waals surface area contributed by atoms with Crippen molar-refractivity contribution in [2.75, 3.05) is 0 Å². The molecule has 0 heterocycles. The number of ketones is 1. The van der Waals surface area contributed by atoms with E-state index in [0.717, 1.165) is 24.0 Å². The van der Waals surface area contributed by atoms with E-state index in [9.17, 15) is 9.90 Å². The Labute approximate surface area is 135 Å². The third-order valence-electron chi connectivity index (χ3n) is 4.20. The minimum Gasteiger partial charge on any atom is -0.393 e. The average Bonchev–Trinajstić information content (AvgIpc) is 2.50. The quantitative estimate of drug-likeness (QED) is 0.419. The van der Waals surface area contributed by atoms with Gasteiger partial charge in [-0.05, 0) is 31.4 Å². The van der Waals surface area contributed by atoms with Gasteiger partial charge >= 0.3 is 0 Å². The van der Waals surface area contributed by atoms with Crippen LogP contribution in [0.1, 0.15) is 87.6 Å². The second kappa shape index (κ2) is 11.4. The highest BCUT2D eigenvalue weighted by molar-refractivity contribution is 5.94. The summed E-state index contributed by atoms with van der Waals surface area (Å²) in [6.45, 7) is 3.82. The first-order chi connectivity index (χ1) is 10.6. The van der Waals surface area contributed by atoms with Gasteiger partial charge in [0.2, 0.25) is 0 Å². The van der Waals surface area contributed by atoms with Crippen molar-refractivity contribution in [3.8, 4) is 0 Å². The zero-order valence-electron chi connectivity index (χ0n) is 14.3. The number of benzene rings is 1. The number of hydrogen-bond donors (Lipinski definition) is 1. The van der Waals surface area contributed by atoms with Gasteiger partial charge in [-0.25, -0.2) is 0 Å². The van der Waals surface area contributed by atoms with Crippen LogP contribution < -0.4 is 0 Å². The Morgan fingerprint density at radius 3 is 2.32 bits per heavy atom. The van der Waals surface area contributed by atoms with E-state index < -0.39 is 0 Å². The van der Waals surface area contributed by atoms with E-state index >= 15 is 0 Å². The summed E-state index contributed by atoms with van der Waals surface area (Å²) >= 11 is 0. The Hall–Kier alpha value is -1.15. The van der Waals surface area contributed by atoms with Crippen molar-refractivity contribution in [1.82, 2.24) is 0 Å². The van der Waals surface area contributed by atoms with Crippen LogP contribution in [0.15, 0.2) is 24.3 Å². The number of aliphatic hydroxyl groups is 1. The molecule has 1 atom stereocenters. The second-order valence-electron chi connectivity index (χ2n) is 6.38. The summed E-state index contributed by atoms with van der Waals surface area (Å²) in [5.41, 5.74) is 1.79. The molecule has 0 spiro atoms. The number of unbranched alkanes of at least 4 members (excludes halogenated alkanes) is 7. The molecule has 0 bridgehead atoms. The molecule has 0 aliphatic carbocycles. The molecule has 1 N–H and O–H groups in total. The van der Waals surface area contributed by atoms with E-state index in [0.29, 0.717) is 6.42 Å². The lowest BCUT2D eigenvalue weighted by molar-refractivity contribution is 0.101. The monoisotopic (exact) mass is 304 g/mol. The maximum atomic E-state index is 11.4. The van der Waals surface area contributed by atoms with Gasteiger partial charge in [0.1, 0.15) is 0 Å². The van der Waals surface area contributed by atoms with Gasteiger partial charge in [0.25, 0.3) is 0 Å². The van der Waals surface area contributed by atoms with Crippen LogP contribution in [0.3, 0.4) is 0 Å². The molecule has 0 saturated heterocycles. The molecule has 0 amide bonds. The number of Topliss-reactive ketones (excluding diaryl/α,β-unsaturated/α-hetero) is 1. The number of carbonyl (C=O) groups is 1. The molecule has 0 aliphatic rings. The Bertz CT molecular complexity index is 425. The molecule has 0 radical (unpaired) electrons. The van der Waals surface area contributed by atoms with Crippen LogP contribution in [-0.4, -0.2) is 17.0 Å². The van der Waals surface area contributed by atoms with Gasteiger partial charge in [0.05, 0.1) is 6.10 Å². The minimum atomic E-state index is -0.290. The first-order valence-electron chi connectivity index (χ1n) is 8.91. The van der Waals surface area contributed by atoms with E-state index in [-0.39, 0.29) is 11.9 Å². The van der Waals surface area contributed by atoms with Crippen LogP contribution in [0.2, 0.25) is 0 Å². The zero-order valence-corrected chi connectivity index (χ0v) is 14.3. The highest BCUT2D eigenvalue weighted by atomic mass is 16.3. The van der Waals surface area contributed by atoms with Crippen LogP contribution in [0.25, 0.3) is 0 Å². The molecule has 22 heavy (non-hydrogen) atoms. The van der Waals surface area contributed by atoms with Gasteiger partial charge < -0.3 is 5.11 Å². The smallest absolute Gasteiger partial charge is 0.159 e. The molecule has 0 saturated carbocycles. The van der Waals surface area contributed by atoms with Crippen molar-refractivity contribution in [2.24, 2.45) is 0 Å². The lowest BCUT2D eigenvalue weighted by Crippen LogP contribution is -2.10. The summed E-state index contributed by atoms with van der Waals surface area (Å²) in [6.07, 6.45) is 11.5. The van der Waals surface area contributed by atoms with Gasteiger partial charge in [-0.15, -0.1) is 0 Å². The van der Waals surface area contributed by atoms with Crippen molar-refractivity contribution in [3.05, 3.63) is 35.4 Å². The van der Waals surface area contributed by atoms with Crippen LogP contribution >= 0.6 is 0 Å². The van der Waals surface area contributed by atoms with E-state index in [1.165, 1.54) is 44.9 Å². The fourth-order valence-electron chi connectivity index (χ4n) is 2.81. The number of carbonyl (C=O) groups excluding carboxylic acids is 1. The Balaban J connectivity index is 2.14. The summed E-state index contributed by atoms with van der Waals surface area (Å²) in [7, 11) is 0. The molecule has 2 nitrogen and oxygen atoms in total. The number of rotatable bonds is 12. The summed E-state index contributed by atoms with van der Waals surface area (Å²) in [6, 6.07) is 7.62. The molecular formula is C20H32O2. The molecule has 0 aliphatic heterocycles. The van der Waals surface area contributed by atoms with E-state index in [2.05, 4.69) is 6.92 Å². The van der Waals surface area contributed by atoms with Gasteiger partial charge in [-0.2, -0.15) is 0 Å². The fourth-order valence-corrected chi connectivity index (χ4v) is 2.81. The summed E-state index contributed by atoms with van der Waals surface area (Å²) in [4.78, 5) is 11.4.